The first-order valence-corrected chi connectivity index (χ1v) is 10.7. The van der Waals surface area contributed by atoms with Crippen LogP contribution < -0.4 is 0 Å². The van der Waals surface area contributed by atoms with Crippen molar-refractivity contribution in [2.45, 2.75) is 0 Å². The summed E-state index contributed by atoms with van der Waals surface area (Å²) >= 11 is 0. The van der Waals surface area contributed by atoms with Gasteiger partial charge in [-0.25, -0.2) is 0 Å². The zero-order valence-electron chi connectivity index (χ0n) is 17.1. The summed E-state index contributed by atoms with van der Waals surface area (Å²) in [6, 6.07) is 32.1. The van der Waals surface area contributed by atoms with Gasteiger partial charge in [0.15, 0.2) is 11.6 Å². The Kier molecular flexibility index (Phi) is 3.32. The second kappa shape index (κ2) is 6.12. The fraction of sp³-hybridized carbons (Fsp3) is 0. The lowest BCUT2D eigenvalue weighted by molar-refractivity contribution is 0.0979. The fourth-order valence-electron chi connectivity index (χ4n) is 5.03. The summed E-state index contributed by atoms with van der Waals surface area (Å²) in [6.45, 7) is 0. The fourth-order valence-corrected chi connectivity index (χ4v) is 5.03. The van der Waals surface area contributed by atoms with Gasteiger partial charge in [-0.2, -0.15) is 0 Å². The molecule has 0 fully saturated rings. The molecule has 2 nitrogen and oxygen atoms in total. The highest BCUT2D eigenvalue weighted by Gasteiger charge is 2.30. The Morgan fingerprint density at radius 2 is 0.562 bits per heavy atom. The van der Waals surface area contributed by atoms with Crippen LogP contribution in [0.25, 0.3) is 43.1 Å². The topological polar surface area (TPSA) is 34.1 Å². The van der Waals surface area contributed by atoms with Crippen molar-refractivity contribution in [2.75, 3.05) is 0 Å². The molecule has 0 spiro atoms. The minimum atomic E-state index is -0.0836. The van der Waals surface area contributed by atoms with Gasteiger partial charge in [0.2, 0.25) is 0 Å². The lowest BCUT2D eigenvalue weighted by Crippen LogP contribution is -2.20. The number of hydrogen-bond acceptors (Lipinski definition) is 2. The molecule has 1 aliphatic rings. The van der Waals surface area contributed by atoms with Gasteiger partial charge < -0.3 is 0 Å². The number of rotatable bonds is 0. The van der Waals surface area contributed by atoms with Crippen molar-refractivity contribution in [1.29, 1.82) is 0 Å². The average molecular weight is 408 g/mol. The number of benzene rings is 6. The van der Waals surface area contributed by atoms with Crippen LogP contribution in [0.5, 0.6) is 0 Å². The minimum absolute atomic E-state index is 0.0836. The highest BCUT2D eigenvalue weighted by atomic mass is 16.1. The molecule has 0 saturated heterocycles. The van der Waals surface area contributed by atoms with Crippen molar-refractivity contribution in [1.82, 2.24) is 0 Å². The van der Waals surface area contributed by atoms with Crippen LogP contribution in [0.2, 0.25) is 0 Å². The smallest absolute Gasteiger partial charge is 0.194 e. The molecular formula is C30H16O2. The van der Waals surface area contributed by atoms with Crippen molar-refractivity contribution in [3.8, 4) is 0 Å². The molecule has 6 aromatic rings. The molecule has 1 aliphatic carbocycles. The third kappa shape index (κ3) is 2.35. The Bertz CT molecular complexity index is 1540. The Labute approximate surface area is 183 Å². The minimum Gasteiger partial charge on any atom is -0.289 e. The molecule has 0 atom stereocenters. The molecule has 0 bridgehead atoms. The molecule has 7 rings (SSSR count). The van der Waals surface area contributed by atoms with Gasteiger partial charge >= 0.3 is 0 Å². The molecule has 0 aromatic heterocycles. The summed E-state index contributed by atoms with van der Waals surface area (Å²) in [7, 11) is 0. The predicted octanol–water partition coefficient (Wildman–Crippen LogP) is 7.07. The number of carbonyl (C=O) groups excluding carboxylic acids is 2. The van der Waals surface area contributed by atoms with Crippen LogP contribution in [0.1, 0.15) is 31.8 Å². The predicted molar refractivity (Wildman–Crippen MR) is 130 cm³/mol. The largest absolute Gasteiger partial charge is 0.289 e. The SMILES string of the molecule is O=C1c2cc3cc4ccccc4cc3cc2C(=O)c2cc3cc4ccccc4cc3cc21. The van der Waals surface area contributed by atoms with Gasteiger partial charge in [-0.3, -0.25) is 9.59 Å². The maximum Gasteiger partial charge on any atom is 0.194 e. The molecule has 32 heavy (non-hydrogen) atoms. The number of hydrogen-bond donors (Lipinski definition) is 0. The van der Waals surface area contributed by atoms with Gasteiger partial charge in [0, 0.05) is 22.3 Å². The zero-order chi connectivity index (χ0) is 21.4. The van der Waals surface area contributed by atoms with E-state index in [4.69, 9.17) is 0 Å². The first kappa shape index (κ1) is 17.4. The summed E-state index contributed by atoms with van der Waals surface area (Å²) < 4.78 is 0. The molecule has 6 aromatic carbocycles. The van der Waals surface area contributed by atoms with Gasteiger partial charge in [-0.15, -0.1) is 0 Å². The van der Waals surface area contributed by atoms with Gasteiger partial charge in [0.1, 0.15) is 0 Å². The molecule has 0 radical (unpaired) electrons. The standard InChI is InChI=1S/C30H16O2/c31-29-25-13-21-9-17-5-1-2-6-18(17)10-22(21)14-26(25)30(32)28-16-24-12-20-8-4-3-7-19(20)11-23(24)15-27(28)29/h1-16H. The maximum atomic E-state index is 13.5. The van der Waals surface area contributed by atoms with Gasteiger partial charge in [0.05, 0.1) is 0 Å². The van der Waals surface area contributed by atoms with Gasteiger partial charge in [-0.1, -0.05) is 48.5 Å². The summed E-state index contributed by atoms with van der Waals surface area (Å²) in [4.78, 5) is 27.0. The van der Waals surface area contributed by atoms with E-state index in [2.05, 4.69) is 48.5 Å². The van der Waals surface area contributed by atoms with Crippen molar-refractivity contribution in [3.63, 3.8) is 0 Å². The zero-order valence-corrected chi connectivity index (χ0v) is 17.1. The molecular weight excluding hydrogens is 392 g/mol. The van der Waals surface area contributed by atoms with Crippen LogP contribution in [0.4, 0.5) is 0 Å². The second-order valence-electron chi connectivity index (χ2n) is 8.55. The highest BCUT2D eigenvalue weighted by Crippen LogP contribution is 2.35. The lowest BCUT2D eigenvalue weighted by Gasteiger charge is -2.19. The summed E-state index contributed by atoms with van der Waals surface area (Å²) in [5.74, 6) is -0.167. The van der Waals surface area contributed by atoms with E-state index in [0.717, 1.165) is 43.1 Å². The van der Waals surface area contributed by atoms with Gasteiger partial charge in [0.25, 0.3) is 0 Å². The van der Waals surface area contributed by atoms with E-state index >= 15 is 0 Å². The molecule has 2 heteroatoms. The van der Waals surface area contributed by atoms with Gasteiger partial charge in [-0.05, 0) is 91.6 Å². The van der Waals surface area contributed by atoms with E-state index in [0.29, 0.717) is 22.3 Å². The Hall–Kier alpha value is -4.30. The number of ketones is 2. The van der Waals surface area contributed by atoms with Crippen LogP contribution in [0.15, 0.2) is 97.1 Å². The Balaban J connectivity index is 1.49. The third-order valence-corrected chi connectivity index (χ3v) is 6.66. The highest BCUT2D eigenvalue weighted by molar-refractivity contribution is 6.31. The summed E-state index contributed by atoms with van der Waals surface area (Å²) in [6.07, 6.45) is 0. The average Bonchev–Trinajstić information content (AvgIpc) is 2.83. The van der Waals surface area contributed by atoms with E-state index < -0.39 is 0 Å². The van der Waals surface area contributed by atoms with E-state index in [9.17, 15) is 9.59 Å². The summed E-state index contributed by atoms with van der Waals surface area (Å²) in [5.41, 5.74) is 1.96. The second-order valence-corrected chi connectivity index (χ2v) is 8.55. The first-order chi connectivity index (χ1) is 15.7. The summed E-state index contributed by atoms with van der Waals surface area (Å²) in [5, 5.41) is 8.36. The Morgan fingerprint density at radius 3 is 0.812 bits per heavy atom. The molecule has 0 N–H and O–H groups in total. The van der Waals surface area contributed by atoms with Crippen LogP contribution >= 0.6 is 0 Å². The van der Waals surface area contributed by atoms with Crippen molar-refractivity contribution >= 4 is 54.7 Å². The van der Waals surface area contributed by atoms with Crippen LogP contribution in [-0.4, -0.2) is 11.6 Å². The van der Waals surface area contributed by atoms with E-state index in [1.807, 2.05) is 48.5 Å². The quantitative estimate of drug-likeness (QED) is 0.251. The maximum absolute atomic E-state index is 13.5. The molecule has 0 amide bonds. The molecule has 0 unspecified atom stereocenters. The molecule has 0 saturated carbocycles. The van der Waals surface area contributed by atoms with Crippen molar-refractivity contribution in [3.05, 3.63) is 119 Å². The monoisotopic (exact) mass is 408 g/mol. The first-order valence-electron chi connectivity index (χ1n) is 10.7. The molecule has 0 heterocycles. The van der Waals surface area contributed by atoms with Crippen molar-refractivity contribution < 1.29 is 9.59 Å². The lowest BCUT2D eigenvalue weighted by atomic mass is 9.81. The van der Waals surface area contributed by atoms with Crippen LogP contribution in [0, 0.1) is 0 Å². The van der Waals surface area contributed by atoms with Crippen LogP contribution in [-0.2, 0) is 0 Å². The normalized spacial score (nSPS) is 13.1. The molecule has 148 valence electrons. The third-order valence-electron chi connectivity index (χ3n) is 6.66. The number of fused-ring (bicyclic) bond motifs is 6. The number of carbonyl (C=O) groups is 2. The Morgan fingerprint density at radius 1 is 0.312 bits per heavy atom. The van der Waals surface area contributed by atoms with E-state index in [1.165, 1.54) is 0 Å². The van der Waals surface area contributed by atoms with Crippen LogP contribution in [0.3, 0.4) is 0 Å². The van der Waals surface area contributed by atoms with Crippen molar-refractivity contribution in [2.24, 2.45) is 0 Å². The van der Waals surface area contributed by atoms with E-state index in [1.54, 1.807) is 0 Å². The molecule has 0 aliphatic heterocycles. The van der Waals surface area contributed by atoms with E-state index in [-0.39, 0.29) is 11.6 Å².